The monoisotopic (exact) mass is 304 g/mol. The van der Waals surface area contributed by atoms with Gasteiger partial charge in [0.1, 0.15) is 5.69 Å². The van der Waals surface area contributed by atoms with Crippen molar-refractivity contribution >= 4 is 23.0 Å². The number of hydrogen-bond acceptors (Lipinski definition) is 5. The highest BCUT2D eigenvalue weighted by Gasteiger charge is 2.17. The molecule has 0 amide bonds. The molecule has 0 fully saturated rings. The van der Waals surface area contributed by atoms with Gasteiger partial charge in [0, 0.05) is 16.9 Å². The summed E-state index contributed by atoms with van der Waals surface area (Å²) in [5.41, 5.74) is 13.1. The molecule has 4 N–H and O–H groups in total. The van der Waals surface area contributed by atoms with Gasteiger partial charge in [-0.25, -0.2) is 4.39 Å². The van der Waals surface area contributed by atoms with Crippen LogP contribution < -0.4 is 11.5 Å². The van der Waals surface area contributed by atoms with Gasteiger partial charge < -0.3 is 11.5 Å². The van der Waals surface area contributed by atoms with Crippen LogP contribution in [0.1, 0.15) is 0 Å². The summed E-state index contributed by atoms with van der Waals surface area (Å²) in [5.74, 6) is -0.242. The number of hydrogen-bond donors (Lipinski definition) is 2. The van der Waals surface area contributed by atoms with E-state index in [0.29, 0.717) is 22.8 Å². The number of aromatic nitrogens is 4. The maximum Gasteiger partial charge on any atom is 0.187 e. The minimum atomic E-state index is -0.534. The van der Waals surface area contributed by atoms with Crippen molar-refractivity contribution in [3.05, 3.63) is 47.2 Å². The van der Waals surface area contributed by atoms with E-state index in [2.05, 4.69) is 15.5 Å². The number of tetrazole rings is 1. The van der Waals surface area contributed by atoms with Crippen LogP contribution in [0.25, 0.3) is 17.1 Å². The Labute approximate surface area is 124 Å². The molecule has 0 aliphatic carbocycles. The molecule has 3 aromatic rings. The van der Waals surface area contributed by atoms with Gasteiger partial charge in [-0.3, -0.25) is 0 Å². The van der Waals surface area contributed by atoms with Crippen molar-refractivity contribution in [2.75, 3.05) is 11.5 Å². The summed E-state index contributed by atoms with van der Waals surface area (Å²) in [6.45, 7) is 0. The highest BCUT2D eigenvalue weighted by Crippen LogP contribution is 2.28. The van der Waals surface area contributed by atoms with Crippen LogP contribution in [0.15, 0.2) is 36.4 Å². The highest BCUT2D eigenvalue weighted by molar-refractivity contribution is 6.32. The fraction of sp³-hybridized carbons (Fsp3) is 0. The van der Waals surface area contributed by atoms with E-state index in [1.165, 1.54) is 16.8 Å². The van der Waals surface area contributed by atoms with Crippen LogP contribution in [-0.4, -0.2) is 20.2 Å². The second-order valence-corrected chi connectivity index (χ2v) is 4.78. The fourth-order valence-electron chi connectivity index (χ4n) is 2.01. The highest BCUT2D eigenvalue weighted by atomic mass is 35.5. The molecular weight excluding hydrogens is 295 g/mol. The molecule has 0 aliphatic heterocycles. The van der Waals surface area contributed by atoms with Gasteiger partial charge >= 0.3 is 0 Å². The van der Waals surface area contributed by atoms with E-state index < -0.39 is 5.82 Å². The third kappa shape index (κ3) is 2.38. The average Bonchev–Trinajstić information content (AvgIpc) is 2.86. The largest absolute Gasteiger partial charge is 0.399 e. The number of nitrogens with zero attached hydrogens (tertiary/aromatic N) is 4. The number of benzene rings is 2. The van der Waals surface area contributed by atoms with Crippen molar-refractivity contribution in [1.82, 2.24) is 20.2 Å². The van der Waals surface area contributed by atoms with Gasteiger partial charge in [-0.15, -0.1) is 5.10 Å². The maximum atomic E-state index is 14.0. The fourth-order valence-corrected chi connectivity index (χ4v) is 2.26. The molecule has 0 radical (unpaired) electrons. The summed E-state index contributed by atoms with van der Waals surface area (Å²) in [7, 11) is 0. The van der Waals surface area contributed by atoms with E-state index in [0.717, 1.165) is 0 Å². The van der Waals surface area contributed by atoms with Gasteiger partial charge in [0.25, 0.3) is 0 Å². The van der Waals surface area contributed by atoms with Crippen LogP contribution in [-0.2, 0) is 0 Å². The van der Waals surface area contributed by atoms with E-state index in [9.17, 15) is 4.39 Å². The van der Waals surface area contributed by atoms with Gasteiger partial charge in [-0.1, -0.05) is 17.7 Å². The van der Waals surface area contributed by atoms with Gasteiger partial charge in [0.2, 0.25) is 0 Å². The summed E-state index contributed by atoms with van der Waals surface area (Å²) in [6, 6.07) is 9.23. The van der Waals surface area contributed by atoms with Crippen LogP contribution in [0.3, 0.4) is 0 Å². The predicted molar refractivity (Wildman–Crippen MR) is 78.4 cm³/mol. The van der Waals surface area contributed by atoms with Crippen LogP contribution in [0.4, 0.5) is 15.8 Å². The zero-order chi connectivity index (χ0) is 15.0. The molecule has 0 bridgehead atoms. The van der Waals surface area contributed by atoms with Crippen molar-refractivity contribution < 1.29 is 4.39 Å². The molecule has 106 valence electrons. The Morgan fingerprint density at radius 1 is 1.10 bits per heavy atom. The minimum Gasteiger partial charge on any atom is -0.399 e. The van der Waals surface area contributed by atoms with Gasteiger partial charge in [-0.2, -0.15) is 4.68 Å². The van der Waals surface area contributed by atoms with Crippen LogP contribution >= 0.6 is 11.6 Å². The first-order valence-electron chi connectivity index (χ1n) is 5.95. The summed E-state index contributed by atoms with van der Waals surface area (Å²) in [6.07, 6.45) is 0. The lowest BCUT2D eigenvalue weighted by molar-refractivity contribution is 0.608. The van der Waals surface area contributed by atoms with Crippen LogP contribution in [0, 0.1) is 5.82 Å². The molecule has 0 spiro atoms. The van der Waals surface area contributed by atoms with Crippen molar-refractivity contribution in [3.8, 4) is 17.1 Å². The number of para-hydroxylation sites is 1. The molecule has 8 heteroatoms. The third-order valence-electron chi connectivity index (χ3n) is 2.85. The normalized spacial score (nSPS) is 10.8. The molecule has 0 saturated carbocycles. The first kappa shape index (κ1) is 13.3. The maximum absolute atomic E-state index is 14.0. The number of nitrogens with two attached hydrogens (primary N) is 2. The topological polar surface area (TPSA) is 95.6 Å². The standard InChI is InChI=1S/C13H10ClFN6/c14-10-2-1-3-11(15)12(10)21-13(18-19-20-21)7-4-8(16)6-9(17)5-7/h1-6H,16-17H2. The summed E-state index contributed by atoms with van der Waals surface area (Å²) in [5, 5.41) is 11.5. The van der Waals surface area contributed by atoms with Crippen molar-refractivity contribution in [2.24, 2.45) is 0 Å². The molecule has 3 rings (SSSR count). The molecule has 2 aromatic carbocycles. The Bertz CT molecular complexity index is 776. The quantitative estimate of drug-likeness (QED) is 0.708. The first-order valence-corrected chi connectivity index (χ1v) is 6.33. The van der Waals surface area contributed by atoms with Crippen LogP contribution in [0.2, 0.25) is 5.02 Å². The van der Waals surface area contributed by atoms with E-state index in [-0.39, 0.29) is 10.7 Å². The second-order valence-electron chi connectivity index (χ2n) is 4.37. The van der Waals surface area contributed by atoms with Gasteiger partial charge in [0.05, 0.1) is 5.02 Å². The summed E-state index contributed by atoms with van der Waals surface area (Å²) in [4.78, 5) is 0. The third-order valence-corrected chi connectivity index (χ3v) is 3.16. The number of rotatable bonds is 2. The zero-order valence-corrected chi connectivity index (χ0v) is 11.4. The molecule has 6 nitrogen and oxygen atoms in total. The molecule has 1 heterocycles. The predicted octanol–water partition coefficient (Wildman–Crippen LogP) is 2.29. The Morgan fingerprint density at radius 2 is 1.81 bits per heavy atom. The van der Waals surface area contributed by atoms with Crippen molar-refractivity contribution in [2.45, 2.75) is 0 Å². The lowest BCUT2D eigenvalue weighted by Crippen LogP contribution is -2.04. The Hall–Kier alpha value is -2.67. The second kappa shape index (κ2) is 5.02. The Morgan fingerprint density at radius 3 is 2.48 bits per heavy atom. The van der Waals surface area contributed by atoms with E-state index in [1.54, 1.807) is 24.3 Å². The molecule has 0 saturated heterocycles. The molecular formula is C13H10ClFN6. The first-order chi connectivity index (χ1) is 10.1. The minimum absolute atomic E-state index is 0.0696. The molecule has 0 aliphatic rings. The van der Waals surface area contributed by atoms with E-state index >= 15 is 0 Å². The van der Waals surface area contributed by atoms with Crippen LogP contribution in [0.5, 0.6) is 0 Å². The molecule has 0 atom stereocenters. The van der Waals surface area contributed by atoms with E-state index in [4.69, 9.17) is 23.1 Å². The van der Waals surface area contributed by atoms with E-state index in [1.807, 2.05) is 0 Å². The number of halogens is 2. The molecule has 1 aromatic heterocycles. The SMILES string of the molecule is Nc1cc(N)cc(-c2nnnn2-c2c(F)cccc2Cl)c1. The Balaban J connectivity index is 2.22. The molecule has 21 heavy (non-hydrogen) atoms. The smallest absolute Gasteiger partial charge is 0.187 e. The van der Waals surface area contributed by atoms with Crippen molar-refractivity contribution in [3.63, 3.8) is 0 Å². The molecule has 0 unspecified atom stereocenters. The summed E-state index contributed by atoms with van der Waals surface area (Å²) >= 11 is 6.04. The number of anilines is 2. The van der Waals surface area contributed by atoms with Crippen molar-refractivity contribution in [1.29, 1.82) is 0 Å². The van der Waals surface area contributed by atoms with Gasteiger partial charge in [0.15, 0.2) is 11.6 Å². The lowest BCUT2D eigenvalue weighted by Gasteiger charge is -2.08. The number of nitrogen functional groups attached to an aromatic ring is 2. The van der Waals surface area contributed by atoms with Gasteiger partial charge in [-0.05, 0) is 40.8 Å². The zero-order valence-electron chi connectivity index (χ0n) is 10.7. The summed E-state index contributed by atoms with van der Waals surface area (Å²) < 4.78 is 15.2. The lowest BCUT2D eigenvalue weighted by atomic mass is 10.1. The average molecular weight is 305 g/mol. The Kier molecular flexibility index (Phi) is 3.19.